The van der Waals surface area contributed by atoms with Crippen molar-refractivity contribution in [1.82, 2.24) is 15.5 Å². The fourth-order valence-corrected chi connectivity index (χ4v) is 1.15. The van der Waals surface area contributed by atoms with E-state index >= 15 is 0 Å². The highest BCUT2D eigenvalue weighted by Gasteiger charge is 2.27. The first kappa shape index (κ1) is 12.6. The van der Waals surface area contributed by atoms with Crippen LogP contribution in [0.2, 0.25) is 0 Å². The first-order valence-electron chi connectivity index (χ1n) is 5.06. The monoisotopic (exact) mass is 227 g/mol. The summed E-state index contributed by atoms with van der Waals surface area (Å²) in [6.45, 7) is 7.25. The zero-order valence-corrected chi connectivity index (χ0v) is 9.94. The number of aliphatic hydroxyl groups is 1. The summed E-state index contributed by atoms with van der Waals surface area (Å²) in [6.07, 6.45) is 0. The number of aromatic nitrogens is 2. The van der Waals surface area contributed by atoms with Crippen molar-refractivity contribution >= 4 is 5.91 Å². The molecule has 0 aliphatic rings. The average molecular weight is 227 g/mol. The molecule has 0 aliphatic heterocycles. The second kappa shape index (κ2) is 4.61. The molecule has 0 fully saturated rings. The molecule has 0 unspecified atom stereocenters. The van der Waals surface area contributed by atoms with E-state index in [1.807, 2.05) is 20.8 Å². The van der Waals surface area contributed by atoms with Gasteiger partial charge in [0.1, 0.15) is 0 Å². The molecule has 0 aromatic carbocycles. The maximum Gasteiger partial charge on any atom is 0.293 e. The molecule has 6 heteroatoms. The third-order valence-corrected chi connectivity index (χ3v) is 2.26. The van der Waals surface area contributed by atoms with Crippen molar-refractivity contribution in [3.05, 3.63) is 11.7 Å². The van der Waals surface area contributed by atoms with Crippen LogP contribution in [0.15, 0.2) is 4.52 Å². The van der Waals surface area contributed by atoms with E-state index in [1.54, 1.807) is 6.92 Å². The summed E-state index contributed by atoms with van der Waals surface area (Å²) in [7, 11) is 0. The number of nitrogens with zero attached hydrogens (tertiary/aromatic N) is 2. The van der Waals surface area contributed by atoms with Crippen LogP contribution in [0.25, 0.3) is 0 Å². The molecule has 1 rings (SSSR count). The van der Waals surface area contributed by atoms with Gasteiger partial charge in [0.15, 0.2) is 0 Å². The minimum atomic E-state index is -0.439. The molecule has 1 aromatic heterocycles. The van der Waals surface area contributed by atoms with Gasteiger partial charge in [0.05, 0.1) is 12.6 Å². The number of rotatable bonds is 3. The fourth-order valence-electron chi connectivity index (χ4n) is 1.15. The van der Waals surface area contributed by atoms with Crippen LogP contribution < -0.4 is 5.32 Å². The Labute approximate surface area is 94.0 Å². The van der Waals surface area contributed by atoms with E-state index in [0.717, 1.165) is 0 Å². The number of aryl methyl sites for hydroxylation is 1. The van der Waals surface area contributed by atoms with Crippen molar-refractivity contribution in [3.63, 3.8) is 0 Å². The van der Waals surface area contributed by atoms with Crippen LogP contribution in [0.5, 0.6) is 0 Å². The molecule has 1 amide bonds. The number of amides is 1. The largest absolute Gasteiger partial charge is 0.394 e. The summed E-state index contributed by atoms with van der Waals surface area (Å²) < 4.78 is 4.70. The van der Waals surface area contributed by atoms with E-state index in [4.69, 9.17) is 4.52 Å². The third kappa shape index (κ3) is 3.03. The smallest absolute Gasteiger partial charge is 0.293 e. The highest BCUT2D eigenvalue weighted by Crippen LogP contribution is 2.18. The second-order valence-electron chi connectivity index (χ2n) is 4.71. The van der Waals surface area contributed by atoms with Gasteiger partial charge in [0, 0.05) is 6.92 Å². The maximum atomic E-state index is 11.7. The standard InChI is InChI=1S/C10H17N3O3/c1-6-11-8(13-16-6)9(15)12-7(5-14)10(2,3)4/h7,14H,5H2,1-4H3,(H,12,15)/t7-/m1/s1. The molecule has 0 saturated carbocycles. The molecule has 0 spiro atoms. The van der Waals surface area contributed by atoms with Gasteiger partial charge in [-0.25, -0.2) is 0 Å². The number of carbonyl (C=O) groups is 1. The number of aliphatic hydroxyl groups excluding tert-OH is 1. The zero-order chi connectivity index (χ0) is 12.3. The lowest BCUT2D eigenvalue weighted by Gasteiger charge is -2.29. The Morgan fingerprint density at radius 3 is 2.56 bits per heavy atom. The summed E-state index contributed by atoms with van der Waals surface area (Å²) in [6, 6.07) is -0.348. The van der Waals surface area contributed by atoms with E-state index in [2.05, 4.69) is 15.5 Å². The quantitative estimate of drug-likeness (QED) is 0.785. The molecule has 1 heterocycles. The van der Waals surface area contributed by atoms with Crippen LogP contribution in [-0.2, 0) is 0 Å². The molecule has 6 nitrogen and oxygen atoms in total. The second-order valence-corrected chi connectivity index (χ2v) is 4.71. The molecular formula is C10H17N3O3. The van der Waals surface area contributed by atoms with Gasteiger partial charge in [-0.1, -0.05) is 25.9 Å². The summed E-state index contributed by atoms with van der Waals surface area (Å²) >= 11 is 0. The Morgan fingerprint density at radius 2 is 2.19 bits per heavy atom. The zero-order valence-electron chi connectivity index (χ0n) is 9.94. The van der Waals surface area contributed by atoms with E-state index in [1.165, 1.54) is 0 Å². The number of nitrogens with one attached hydrogen (secondary N) is 1. The van der Waals surface area contributed by atoms with Crippen LogP contribution in [0.1, 0.15) is 37.3 Å². The van der Waals surface area contributed by atoms with Crippen LogP contribution in [-0.4, -0.2) is 33.8 Å². The molecule has 90 valence electrons. The summed E-state index contributed by atoms with van der Waals surface area (Å²) in [5.41, 5.74) is -0.233. The Kier molecular flexibility index (Phi) is 3.64. The van der Waals surface area contributed by atoms with Crippen LogP contribution in [0.3, 0.4) is 0 Å². The van der Waals surface area contributed by atoms with Crippen LogP contribution in [0.4, 0.5) is 0 Å². The van der Waals surface area contributed by atoms with Gasteiger partial charge in [0.2, 0.25) is 5.89 Å². The Balaban J connectivity index is 2.70. The molecule has 0 bridgehead atoms. The predicted molar refractivity (Wildman–Crippen MR) is 56.8 cm³/mol. The van der Waals surface area contributed by atoms with Crippen molar-refractivity contribution < 1.29 is 14.4 Å². The molecule has 1 aromatic rings. The van der Waals surface area contributed by atoms with E-state index in [0.29, 0.717) is 5.89 Å². The highest BCUT2D eigenvalue weighted by atomic mass is 16.5. The predicted octanol–water partition coefficient (Wildman–Crippen LogP) is 0.515. The summed E-state index contributed by atoms with van der Waals surface area (Å²) in [4.78, 5) is 15.5. The Hall–Kier alpha value is -1.43. The van der Waals surface area contributed by atoms with E-state index in [-0.39, 0.29) is 23.9 Å². The van der Waals surface area contributed by atoms with Crippen LogP contribution in [0, 0.1) is 12.3 Å². The number of hydrogen-bond acceptors (Lipinski definition) is 5. The topological polar surface area (TPSA) is 88.2 Å². The molecule has 2 N–H and O–H groups in total. The van der Waals surface area contributed by atoms with Gasteiger partial charge in [-0.05, 0) is 5.41 Å². The van der Waals surface area contributed by atoms with Crippen molar-refractivity contribution in [1.29, 1.82) is 0 Å². The normalized spacial score (nSPS) is 13.6. The molecule has 0 aliphatic carbocycles. The lowest BCUT2D eigenvalue weighted by Crippen LogP contribution is -2.46. The Morgan fingerprint density at radius 1 is 1.56 bits per heavy atom. The lowest BCUT2D eigenvalue weighted by molar-refractivity contribution is 0.0835. The van der Waals surface area contributed by atoms with Gasteiger partial charge < -0.3 is 14.9 Å². The lowest BCUT2D eigenvalue weighted by atomic mass is 9.87. The Bertz CT molecular complexity index is 368. The number of carbonyl (C=O) groups excluding carboxylic acids is 1. The SMILES string of the molecule is Cc1nc(C(=O)N[C@H](CO)C(C)(C)C)no1. The van der Waals surface area contributed by atoms with Gasteiger partial charge in [-0.15, -0.1) is 0 Å². The van der Waals surface area contributed by atoms with Crippen molar-refractivity contribution in [2.45, 2.75) is 33.7 Å². The van der Waals surface area contributed by atoms with Crippen molar-refractivity contribution in [2.24, 2.45) is 5.41 Å². The van der Waals surface area contributed by atoms with Gasteiger partial charge >= 0.3 is 0 Å². The third-order valence-electron chi connectivity index (χ3n) is 2.26. The average Bonchev–Trinajstić information content (AvgIpc) is 2.59. The molecular weight excluding hydrogens is 210 g/mol. The van der Waals surface area contributed by atoms with Crippen molar-refractivity contribution in [2.75, 3.05) is 6.61 Å². The van der Waals surface area contributed by atoms with Gasteiger partial charge in [-0.2, -0.15) is 4.98 Å². The maximum absolute atomic E-state index is 11.7. The minimum absolute atomic E-state index is 0.0137. The molecule has 16 heavy (non-hydrogen) atoms. The highest BCUT2D eigenvalue weighted by molar-refractivity contribution is 5.90. The first-order chi connectivity index (χ1) is 7.34. The fraction of sp³-hybridized carbons (Fsp3) is 0.700. The van der Waals surface area contributed by atoms with Gasteiger partial charge in [0.25, 0.3) is 11.7 Å². The molecule has 0 radical (unpaired) electrons. The van der Waals surface area contributed by atoms with Crippen molar-refractivity contribution in [3.8, 4) is 0 Å². The summed E-state index contributed by atoms with van der Waals surface area (Å²) in [5, 5.41) is 15.4. The van der Waals surface area contributed by atoms with Gasteiger partial charge in [-0.3, -0.25) is 4.79 Å². The minimum Gasteiger partial charge on any atom is -0.394 e. The van der Waals surface area contributed by atoms with E-state index < -0.39 is 5.91 Å². The summed E-state index contributed by atoms with van der Waals surface area (Å²) in [5.74, 6) is -0.118. The molecule has 1 atom stereocenters. The first-order valence-corrected chi connectivity index (χ1v) is 5.06. The number of hydrogen-bond donors (Lipinski definition) is 2. The molecule has 0 saturated heterocycles. The van der Waals surface area contributed by atoms with E-state index in [9.17, 15) is 9.90 Å². The van der Waals surface area contributed by atoms with Crippen LogP contribution >= 0.6 is 0 Å².